The van der Waals surface area contributed by atoms with E-state index in [9.17, 15) is 9.90 Å². The van der Waals surface area contributed by atoms with Gasteiger partial charge in [0.25, 0.3) is 5.56 Å². The lowest BCUT2D eigenvalue weighted by Crippen LogP contribution is -2.36. The van der Waals surface area contributed by atoms with Gasteiger partial charge in [-0.05, 0) is 24.8 Å². The summed E-state index contributed by atoms with van der Waals surface area (Å²) in [4.78, 5) is 19.1. The van der Waals surface area contributed by atoms with Crippen LogP contribution < -0.4 is 10.5 Å². The van der Waals surface area contributed by atoms with Crippen molar-refractivity contribution < 1.29 is 5.11 Å². The zero-order valence-corrected chi connectivity index (χ0v) is 15.3. The van der Waals surface area contributed by atoms with Gasteiger partial charge < -0.3 is 10.0 Å². The monoisotopic (exact) mass is 370 g/mol. The van der Waals surface area contributed by atoms with Crippen LogP contribution in [0.1, 0.15) is 43.8 Å². The lowest BCUT2D eigenvalue weighted by atomic mass is 9.98. The Morgan fingerprint density at radius 1 is 1.19 bits per heavy atom. The molecule has 136 valence electrons. The molecule has 2 aromatic heterocycles. The molecule has 0 saturated carbocycles. The standard InChI is InChI=1S/C19H22N4O2S/c24-16(14-7-3-1-4-8-14)13-15-9-5-2-6-12-22(15)19-21-23-17(25)10-11-20-18(23)26-19/h1,3-4,7-8,10-11,15-16,24H,2,5-6,9,12-13H2/t15-,16+/m1/s1. The van der Waals surface area contributed by atoms with Crippen molar-refractivity contribution in [3.05, 3.63) is 58.5 Å². The van der Waals surface area contributed by atoms with Crippen LogP contribution in [0.2, 0.25) is 0 Å². The summed E-state index contributed by atoms with van der Waals surface area (Å²) in [6.45, 7) is 0.890. The minimum atomic E-state index is -0.503. The Balaban J connectivity index is 1.62. The molecule has 0 aliphatic carbocycles. The first kappa shape index (κ1) is 17.2. The van der Waals surface area contributed by atoms with Crippen LogP contribution in [-0.4, -0.2) is 32.3 Å². The zero-order valence-electron chi connectivity index (χ0n) is 14.5. The van der Waals surface area contributed by atoms with E-state index in [1.165, 1.54) is 34.5 Å². The molecule has 1 aliphatic rings. The third-order valence-corrected chi connectivity index (χ3v) is 5.92. The van der Waals surface area contributed by atoms with Gasteiger partial charge in [0.15, 0.2) is 0 Å². The third kappa shape index (κ3) is 3.50. The van der Waals surface area contributed by atoms with Gasteiger partial charge in [0.05, 0.1) is 6.10 Å². The Morgan fingerprint density at radius 2 is 2.04 bits per heavy atom. The van der Waals surface area contributed by atoms with Gasteiger partial charge in [-0.2, -0.15) is 4.52 Å². The number of aliphatic hydroxyl groups excluding tert-OH is 1. The second kappa shape index (κ2) is 7.55. The summed E-state index contributed by atoms with van der Waals surface area (Å²) in [7, 11) is 0. The first-order valence-electron chi connectivity index (χ1n) is 9.07. The molecule has 26 heavy (non-hydrogen) atoms. The molecule has 1 N–H and O–H groups in total. The molecule has 0 amide bonds. The molecule has 1 saturated heterocycles. The fourth-order valence-corrected chi connectivity index (χ4v) is 4.57. The summed E-state index contributed by atoms with van der Waals surface area (Å²) in [6, 6.07) is 11.4. The zero-order chi connectivity index (χ0) is 17.9. The maximum Gasteiger partial charge on any atom is 0.275 e. The number of rotatable bonds is 4. The van der Waals surface area contributed by atoms with Gasteiger partial charge in [0.1, 0.15) is 0 Å². The second-order valence-electron chi connectivity index (χ2n) is 6.72. The van der Waals surface area contributed by atoms with E-state index >= 15 is 0 Å². The van der Waals surface area contributed by atoms with Crippen molar-refractivity contribution in [3.63, 3.8) is 0 Å². The van der Waals surface area contributed by atoms with Gasteiger partial charge in [-0.25, -0.2) is 4.98 Å². The Labute approximate surface area is 155 Å². The van der Waals surface area contributed by atoms with E-state index in [4.69, 9.17) is 0 Å². The molecule has 0 unspecified atom stereocenters. The predicted molar refractivity (Wildman–Crippen MR) is 103 cm³/mol. The summed E-state index contributed by atoms with van der Waals surface area (Å²) >= 11 is 1.44. The Kier molecular flexibility index (Phi) is 4.99. The molecular weight excluding hydrogens is 348 g/mol. The van der Waals surface area contributed by atoms with Crippen molar-refractivity contribution in [1.29, 1.82) is 0 Å². The van der Waals surface area contributed by atoms with Crippen molar-refractivity contribution in [3.8, 4) is 0 Å². The van der Waals surface area contributed by atoms with E-state index in [0.717, 1.165) is 36.5 Å². The highest BCUT2D eigenvalue weighted by molar-refractivity contribution is 7.20. The number of anilines is 1. The Bertz CT molecular complexity index is 924. The van der Waals surface area contributed by atoms with Crippen LogP contribution in [0, 0.1) is 0 Å². The lowest BCUT2D eigenvalue weighted by molar-refractivity contribution is 0.155. The molecular formula is C19H22N4O2S. The smallest absolute Gasteiger partial charge is 0.275 e. The van der Waals surface area contributed by atoms with E-state index in [0.29, 0.717) is 11.4 Å². The maximum atomic E-state index is 12.0. The molecule has 3 heterocycles. The van der Waals surface area contributed by atoms with Gasteiger partial charge in [-0.1, -0.05) is 54.5 Å². The molecule has 6 nitrogen and oxygen atoms in total. The van der Waals surface area contributed by atoms with Crippen LogP contribution in [0.25, 0.3) is 4.96 Å². The quantitative estimate of drug-likeness (QED) is 0.764. The highest BCUT2D eigenvalue weighted by atomic mass is 32.1. The molecule has 7 heteroatoms. The fourth-order valence-electron chi connectivity index (χ4n) is 3.59. The minimum Gasteiger partial charge on any atom is -0.388 e. The normalized spacial score (nSPS) is 19.4. The Morgan fingerprint density at radius 3 is 2.85 bits per heavy atom. The number of aromatic nitrogens is 3. The molecule has 2 atom stereocenters. The van der Waals surface area contributed by atoms with Crippen LogP contribution in [0.5, 0.6) is 0 Å². The van der Waals surface area contributed by atoms with Gasteiger partial charge in [0, 0.05) is 24.8 Å². The van der Waals surface area contributed by atoms with Crippen LogP contribution in [0.4, 0.5) is 5.13 Å². The van der Waals surface area contributed by atoms with Crippen molar-refractivity contribution in [2.24, 2.45) is 0 Å². The summed E-state index contributed by atoms with van der Waals surface area (Å²) in [5, 5.41) is 16.0. The van der Waals surface area contributed by atoms with Crippen LogP contribution in [0.3, 0.4) is 0 Å². The molecule has 0 bridgehead atoms. The number of fused-ring (bicyclic) bond motifs is 1. The van der Waals surface area contributed by atoms with Crippen LogP contribution in [-0.2, 0) is 0 Å². The van der Waals surface area contributed by atoms with Gasteiger partial charge in [0.2, 0.25) is 10.1 Å². The second-order valence-corrected chi connectivity index (χ2v) is 7.66. The molecule has 3 aromatic rings. The minimum absolute atomic E-state index is 0.159. The molecule has 1 aliphatic heterocycles. The number of benzene rings is 1. The first-order valence-corrected chi connectivity index (χ1v) is 9.88. The highest BCUT2D eigenvalue weighted by Crippen LogP contribution is 2.32. The van der Waals surface area contributed by atoms with E-state index in [1.54, 1.807) is 0 Å². The average molecular weight is 370 g/mol. The van der Waals surface area contributed by atoms with E-state index < -0.39 is 6.10 Å². The van der Waals surface area contributed by atoms with E-state index in [2.05, 4.69) is 15.0 Å². The van der Waals surface area contributed by atoms with Crippen molar-refractivity contribution >= 4 is 21.4 Å². The average Bonchev–Trinajstić information content (AvgIpc) is 2.97. The van der Waals surface area contributed by atoms with Crippen molar-refractivity contribution in [1.82, 2.24) is 14.6 Å². The molecule has 0 radical (unpaired) electrons. The number of aliphatic hydroxyl groups is 1. The summed E-state index contributed by atoms with van der Waals surface area (Å²) in [5.74, 6) is 0. The fraction of sp³-hybridized carbons (Fsp3) is 0.421. The topological polar surface area (TPSA) is 70.7 Å². The number of hydrogen-bond acceptors (Lipinski definition) is 6. The summed E-state index contributed by atoms with van der Waals surface area (Å²) in [5.41, 5.74) is 0.784. The SMILES string of the molecule is O=c1ccnc2sc(N3CCCCC[C@@H]3C[C@H](O)c3ccccc3)nn12. The molecule has 1 aromatic carbocycles. The Hall–Kier alpha value is -2.25. The molecule has 4 rings (SSSR count). The molecule has 1 fully saturated rings. The lowest BCUT2D eigenvalue weighted by Gasteiger charge is -2.31. The van der Waals surface area contributed by atoms with Crippen LogP contribution >= 0.6 is 11.3 Å². The van der Waals surface area contributed by atoms with Gasteiger partial charge >= 0.3 is 0 Å². The van der Waals surface area contributed by atoms with Crippen molar-refractivity contribution in [2.45, 2.75) is 44.2 Å². The number of hydrogen-bond donors (Lipinski definition) is 1. The highest BCUT2D eigenvalue weighted by Gasteiger charge is 2.27. The van der Waals surface area contributed by atoms with E-state index in [-0.39, 0.29) is 11.6 Å². The largest absolute Gasteiger partial charge is 0.388 e. The predicted octanol–water partition coefficient (Wildman–Crippen LogP) is 3.02. The third-order valence-electron chi connectivity index (χ3n) is 4.96. The van der Waals surface area contributed by atoms with Gasteiger partial charge in [-0.15, -0.1) is 5.10 Å². The first-order chi connectivity index (χ1) is 12.7. The molecule has 0 spiro atoms. The summed E-state index contributed by atoms with van der Waals surface area (Å²) in [6.07, 6.45) is 6.11. The number of nitrogens with zero attached hydrogens (tertiary/aromatic N) is 4. The van der Waals surface area contributed by atoms with Crippen molar-refractivity contribution in [2.75, 3.05) is 11.4 Å². The summed E-state index contributed by atoms with van der Waals surface area (Å²) < 4.78 is 1.37. The van der Waals surface area contributed by atoms with Gasteiger partial charge in [-0.3, -0.25) is 4.79 Å². The maximum absolute atomic E-state index is 12.0. The van der Waals surface area contributed by atoms with Crippen LogP contribution in [0.15, 0.2) is 47.4 Å². The van der Waals surface area contributed by atoms with E-state index in [1.807, 2.05) is 30.3 Å².